The van der Waals surface area contributed by atoms with Gasteiger partial charge in [-0.3, -0.25) is 15.1 Å². The Kier molecular flexibility index (Phi) is 4.38. The normalized spacial score (nSPS) is 22.8. The molecule has 0 bridgehead atoms. The third-order valence-corrected chi connectivity index (χ3v) is 7.43. The zero-order valence-corrected chi connectivity index (χ0v) is 17.0. The lowest BCUT2D eigenvalue weighted by Crippen LogP contribution is -2.39. The van der Waals surface area contributed by atoms with Crippen molar-refractivity contribution in [2.24, 2.45) is 5.92 Å². The molecule has 2 aliphatic heterocycles. The third-order valence-electron chi connectivity index (χ3n) is 5.27. The van der Waals surface area contributed by atoms with Crippen molar-refractivity contribution in [1.29, 1.82) is 0 Å². The first-order valence-corrected chi connectivity index (χ1v) is 11.1. The SMILES string of the molecule is CCOC(=O)CSc1nnc2n1-c1sc3c(c1C1NCNN21)CC[C@H](C)C3. The van der Waals surface area contributed by atoms with Gasteiger partial charge in [0.1, 0.15) is 11.2 Å². The van der Waals surface area contributed by atoms with Gasteiger partial charge in [-0.15, -0.1) is 21.5 Å². The Bertz CT molecular complexity index is 894. The first kappa shape index (κ1) is 17.5. The Morgan fingerprint density at radius 2 is 2.33 bits per heavy atom. The number of hydrazine groups is 1. The van der Waals surface area contributed by atoms with Gasteiger partial charge < -0.3 is 4.74 Å². The molecule has 2 atom stereocenters. The fourth-order valence-corrected chi connectivity index (χ4v) is 6.38. The monoisotopic (exact) mass is 406 g/mol. The highest BCUT2D eigenvalue weighted by Crippen LogP contribution is 2.48. The highest BCUT2D eigenvalue weighted by molar-refractivity contribution is 7.99. The van der Waals surface area contributed by atoms with Crippen LogP contribution in [0.25, 0.3) is 5.00 Å². The van der Waals surface area contributed by atoms with Crippen molar-refractivity contribution in [2.45, 2.75) is 44.4 Å². The van der Waals surface area contributed by atoms with Gasteiger partial charge in [0.25, 0.3) is 0 Å². The van der Waals surface area contributed by atoms with Crippen LogP contribution in [0.3, 0.4) is 0 Å². The van der Waals surface area contributed by atoms with E-state index in [1.807, 2.05) is 18.3 Å². The molecule has 0 aromatic carbocycles. The van der Waals surface area contributed by atoms with Crippen LogP contribution in [0.5, 0.6) is 0 Å². The number of hydrogen-bond donors (Lipinski definition) is 2. The lowest BCUT2D eigenvalue weighted by Gasteiger charge is -2.31. The van der Waals surface area contributed by atoms with Gasteiger partial charge in [0, 0.05) is 10.4 Å². The lowest BCUT2D eigenvalue weighted by molar-refractivity contribution is -0.139. The molecule has 1 aliphatic carbocycles. The van der Waals surface area contributed by atoms with E-state index in [4.69, 9.17) is 4.74 Å². The second kappa shape index (κ2) is 6.77. The Hall–Kier alpha value is -1.62. The molecule has 1 saturated heterocycles. The van der Waals surface area contributed by atoms with E-state index in [2.05, 4.69) is 37.4 Å². The first-order valence-electron chi connectivity index (χ1n) is 9.32. The van der Waals surface area contributed by atoms with Crippen molar-refractivity contribution < 1.29 is 9.53 Å². The summed E-state index contributed by atoms with van der Waals surface area (Å²) in [4.78, 5) is 13.3. The van der Waals surface area contributed by atoms with E-state index in [1.54, 1.807) is 0 Å². The maximum absolute atomic E-state index is 11.8. The van der Waals surface area contributed by atoms with E-state index in [0.29, 0.717) is 13.3 Å². The number of esters is 1. The predicted molar refractivity (Wildman–Crippen MR) is 104 cm³/mol. The number of nitrogens with zero attached hydrogens (tertiary/aromatic N) is 4. The quantitative estimate of drug-likeness (QED) is 0.589. The molecule has 0 radical (unpaired) electrons. The summed E-state index contributed by atoms with van der Waals surface area (Å²) >= 11 is 3.24. The summed E-state index contributed by atoms with van der Waals surface area (Å²) in [5.41, 5.74) is 6.19. The van der Waals surface area contributed by atoms with E-state index >= 15 is 0 Å². The molecular formula is C17H22N6O2S2. The fourth-order valence-electron chi connectivity index (χ4n) is 4.05. The van der Waals surface area contributed by atoms with Gasteiger partial charge in [0.2, 0.25) is 5.95 Å². The highest BCUT2D eigenvalue weighted by Gasteiger charge is 2.42. The fraction of sp³-hybridized carbons (Fsp3) is 0.588. The molecule has 0 amide bonds. The van der Waals surface area contributed by atoms with E-state index in [1.165, 1.54) is 39.2 Å². The molecule has 0 saturated carbocycles. The van der Waals surface area contributed by atoms with E-state index in [-0.39, 0.29) is 17.9 Å². The molecule has 2 N–H and O–H groups in total. The summed E-state index contributed by atoms with van der Waals surface area (Å²) in [6, 6.07) is 0. The summed E-state index contributed by atoms with van der Waals surface area (Å²) in [6.07, 6.45) is 3.58. The summed E-state index contributed by atoms with van der Waals surface area (Å²) in [6.45, 7) is 5.23. The van der Waals surface area contributed by atoms with Crippen LogP contribution in [-0.2, 0) is 22.4 Å². The lowest BCUT2D eigenvalue weighted by atomic mass is 9.87. The number of carbonyl (C=O) groups is 1. The summed E-state index contributed by atoms with van der Waals surface area (Å²) in [5, 5.41) is 16.3. The standard InChI is InChI=1S/C17H22N6O2S2/c1-3-25-12(24)7-26-17-21-20-16-22(17)15-13(14-18-8-19-23(14)16)10-5-4-9(2)6-11(10)27-15/h9,14,18-19H,3-8H2,1-2H3/t9-,14?/m0/s1. The molecule has 144 valence electrons. The predicted octanol–water partition coefficient (Wildman–Crippen LogP) is 1.99. The molecule has 0 spiro atoms. The summed E-state index contributed by atoms with van der Waals surface area (Å²) < 4.78 is 7.15. The van der Waals surface area contributed by atoms with Crippen LogP contribution in [0.4, 0.5) is 5.95 Å². The number of ether oxygens (including phenoxy) is 1. The number of aromatic nitrogens is 3. The number of rotatable bonds is 4. The highest BCUT2D eigenvalue weighted by atomic mass is 32.2. The minimum absolute atomic E-state index is 0.0908. The third kappa shape index (κ3) is 2.77. The van der Waals surface area contributed by atoms with Crippen molar-refractivity contribution in [3.05, 3.63) is 16.0 Å². The molecule has 2 aromatic heterocycles. The molecule has 1 fully saturated rings. The molecule has 1 unspecified atom stereocenters. The van der Waals surface area contributed by atoms with Crippen molar-refractivity contribution in [2.75, 3.05) is 24.0 Å². The average Bonchev–Trinajstić information content (AvgIpc) is 3.35. The van der Waals surface area contributed by atoms with Crippen molar-refractivity contribution in [3.8, 4) is 5.00 Å². The topological polar surface area (TPSA) is 84.3 Å². The van der Waals surface area contributed by atoms with Crippen molar-refractivity contribution >= 4 is 35.0 Å². The smallest absolute Gasteiger partial charge is 0.316 e. The van der Waals surface area contributed by atoms with Crippen molar-refractivity contribution in [1.82, 2.24) is 25.5 Å². The van der Waals surface area contributed by atoms with E-state index in [0.717, 1.165) is 29.9 Å². The number of hydrogen-bond acceptors (Lipinski definition) is 9. The molecule has 4 heterocycles. The van der Waals surface area contributed by atoms with Crippen LogP contribution in [0.15, 0.2) is 5.16 Å². The van der Waals surface area contributed by atoms with Gasteiger partial charge in [0.05, 0.1) is 19.0 Å². The second-order valence-electron chi connectivity index (χ2n) is 7.09. The second-order valence-corrected chi connectivity index (χ2v) is 9.12. The number of fused-ring (bicyclic) bond motifs is 8. The van der Waals surface area contributed by atoms with Gasteiger partial charge in [-0.2, -0.15) is 0 Å². The average molecular weight is 407 g/mol. The first-order chi connectivity index (χ1) is 13.2. The molecule has 8 nitrogen and oxygen atoms in total. The van der Waals surface area contributed by atoms with Gasteiger partial charge in [-0.05, 0) is 37.7 Å². The van der Waals surface area contributed by atoms with Crippen LogP contribution < -0.4 is 15.8 Å². The number of thiophene rings is 1. The van der Waals surface area contributed by atoms with Crippen LogP contribution in [0.2, 0.25) is 0 Å². The maximum atomic E-state index is 11.8. The molecule has 3 aliphatic rings. The zero-order chi connectivity index (χ0) is 18.5. The minimum Gasteiger partial charge on any atom is -0.465 e. The summed E-state index contributed by atoms with van der Waals surface area (Å²) in [5.74, 6) is 1.50. The van der Waals surface area contributed by atoms with Gasteiger partial charge >= 0.3 is 5.97 Å². The van der Waals surface area contributed by atoms with Gasteiger partial charge in [0.15, 0.2) is 5.16 Å². The number of thioether (sulfide) groups is 1. The van der Waals surface area contributed by atoms with Crippen LogP contribution in [0, 0.1) is 5.92 Å². The van der Waals surface area contributed by atoms with Crippen molar-refractivity contribution in [3.63, 3.8) is 0 Å². The number of anilines is 1. The van der Waals surface area contributed by atoms with Crippen LogP contribution in [0.1, 0.15) is 42.4 Å². The largest absolute Gasteiger partial charge is 0.465 e. The van der Waals surface area contributed by atoms with E-state index < -0.39 is 0 Å². The molecule has 5 rings (SSSR count). The Labute approximate surface area is 165 Å². The van der Waals surface area contributed by atoms with Crippen LogP contribution in [-0.4, -0.2) is 39.8 Å². The Morgan fingerprint density at radius 3 is 3.19 bits per heavy atom. The number of nitrogens with one attached hydrogen (secondary N) is 2. The minimum atomic E-state index is -0.228. The zero-order valence-electron chi connectivity index (χ0n) is 15.3. The maximum Gasteiger partial charge on any atom is 0.316 e. The Morgan fingerprint density at radius 1 is 1.44 bits per heavy atom. The molecule has 27 heavy (non-hydrogen) atoms. The van der Waals surface area contributed by atoms with Gasteiger partial charge in [-0.25, -0.2) is 9.99 Å². The molecule has 2 aromatic rings. The Balaban J connectivity index is 1.57. The van der Waals surface area contributed by atoms with E-state index in [9.17, 15) is 4.79 Å². The molecule has 10 heteroatoms. The molecular weight excluding hydrogens is 384 g/mol. The van der Waals surface area contributed by atoms with Crippen LogP contribution >= 0.6 is 23.1 Å². The van der Waals surface area contributed by atoms with Gasteiger partial charge in [-0.1, -0.05) is 18.7 Å². The summed E-state index contributed by atoms with van der Waals surface area (Å²) in [7, 11) is 0. The number of carbonyl (C=O) groups excluding carboxylic acids is 1.